The topological polar surface area (TPSA) is 26.7 Å². The summed E-state index contributed by atoms with van der Waals surface area (Å²) in [5, 5.41) is 8.83. The van der Waals surface area contributed by atoms with Crippen molar-refractivity contribution < 1.29 is 9.50 Å². The van der Waals surface area contributed by atoms with Gasteiger partial charge in [-0.3, -0.25) is 4.90 Å². The van der Waals surface area contributed by atoms with Gasteiger partial charge in [0, 0.05) is 38.2 Å². The molecule has 4 heteroatoms. The zero-order chi connectivity index (χ0) is 21.9. The van der Waals surface area contributed by atoms with E-state index in [4.69, 9.17) is 5.11 Å². The van der Waals surface area contributed by atoms with Gasteiger partial charge in [0.1, 0.15) is 5.82 Å². The summed E-state index contributed by atoms with van der Waals surface area (Å²) in [5.41, 5.74) is 3.40. The first-order valence-electron chi connectivity index (χ1n) is 11.5. The average Bonchev–Trinajstić information content (AvgIpc) is 2.79. The molecule has 0 radical (unpaired) electrons. The number of rotatable bonds is 9. The third-order valence-electron chi connectivity index (χ3n) is 6.00. The number of hydrogen-bond acceptors (Lipinski definition) is 3. The lowest BCUT2D eigenvalue weighted by molar-refractivity contribution is 0.133. The summed E-state index contributed by atoms with van der Waals surface area (Å²) in [5.74, 6) is 6.60. The quantitative estimate of drug-likeness (QED) is 0.609. The second-order valence-electron chi connectivity index (χ2n) is 8.49. The number of hydrogen-bond donors (Lipinski definition) is 1. The molecule has 3 nitrogen and oxygen atoms in total. The number of benzene rings is 2. The lowest BCUT2D eigenvalue weighted by Gasteiger charge is -2.35. The predicted molar refractivity (Wildman–Crippen MR) is 125 cm³/mol. The van der Waals surface area contributed by atoms with Crippen LogP contribution in [-0.4, -0.2) is 54.2 Å². The van der Waals surface area contributed by atoms with Crippen molar-refractivity contribution in [3.8, 4) is 11.8 Å². The Bertz CT molecular complexity index is 856. The van der Waals surface area contributed by atoms with Crippen molar-refractivity contribution in [2.75, 3.05) is 39.3 Å². The van der Waals surface area contributed by atoms with E-state index < -0.39 is 0 Å². The van der Waals surface area contributed by atoms with Crippen LogP contribution in [0.25, 0.3) is 0 Å². The molecular weight excluding hydrogens is 387 g/mol. The van der Waals surface area contributed by atoms with E-state index in [1.807, 2.05) is 6.07 Å². The lowest BCUT2D eigenvalue weighted by Crippen LogP contribution is -2.41. The molecule has 1 aliphatic heterocycles. The molecule has 31 heavy (non-hydrogen) atoms. The largest absolute Gasteiger partial charge is 0.395 e. The highest BCUT2D eigenvalue weighted by atomic mass is 19.1. The predicted octanol–water partition coefficient (Wildman–Crippen LogP) is 4.34. The van der Waals surface area contributed by atoms with E-state index in [2.05, 4.69) is 52.8 Å². The van der Waals surface area contributed by atoms with Crippen LogP contribution in [0, 0.1) is 23.6 Å². The van der Waals surface area contributed by atoms with E-state index in [1.165, 1.54) is 24.5 Å². The third kappa shape index (κ3) is 8.10. The van der Waals surface area contributed by atoms with Gasteiger partial charge in [-0.2, -0.15) is 0 Å². The van der Waals surface area contributed by atoms with E-state index >= 15 is 0 Å². The maximum atomic E-state index is 13.4. The van der Waals surface area contributed by atoms with Crippen LogP contribution in [0.4, 0.5) is 4.39 Å². The first kappa shape index (κ1) is 23.5. The second kappa shape index (κ2) is 12.6. The molecule has 0 spiro atoms. The molecule has 0 bridgehead atoms. The summed E-state index contributed by atoms with van der Waals surface area (Å²) < 4.78 is 13.4. The third-order valence-corrected chi connectivity index (χ3v) is 6.00. The van der Waals surface area contributed by atoms with Crippen molar-refractivity contribution >= 4 is 0 Å². The van der Waals surface area contributed by atoms with Gasteiger partial charge >= 0.3 is 0 Å². The van der Waals surface area contributed by atoms with Crippen LogP contribution in [0.15, 0.2) is 48.5 Å². The van der Waals surface area contributed by atoms with Crippen LogP contribution in [-0.2, 0) is 13.0 Å². The van der Waals surface area contributed by atoms with Gasteiger partial charge in [-0.1, -0.05) is 43.0 Å². The van der Waals surface area contributed by atoms with Crippen molar-refractivity contribution in [1.29, 1.82) is 0 Å². The van der Waals surface area contributed by atoms with Crippen LogP contribution in [0.5, 0.6) is 0 Å². The van der Waals surface area contributed by atoms with E-state index in [9.17, 15) is 4.39 Å². The van der Waals surface area contributed by atoms with Crippen molar-refractivity contribution in [3.05, 3.63) is 71.0 Å². The first-order chi connectivity index (χ1) is 15.2. The minimum Gasteiger partial charge on any atom is -0.395 e. The fraction of sp³-hybridized carbons (Fsp3) is 0.481. The Morgan fingerprint density at radius 1 is 1.16 bits per heavy atom. The van der Waals surface area contributed by atoms with Crippen molar-refractivity contribution in [2.24, 2.45) is 5.92 Å². The summed E-state index contributed by atoms with van der Waals surface area (Å²) in [6.45, 7) is 8.75. The van der Waals surface area contributed by atoms with Crippen LogP contribution in [0.2, 0.25) is 0 Å². The first-order valence-corrected chi connectivity index (χ1v) is 11.5. The molecule has 1 N–H and O–H groups in total. The van der Waals surface area contributed by atoms with E-state index in [0.717, 1.165) is 56.8 Å². The van der Waals surface area contributed by atoms with Crippen molar-refractivity contribution in [3.63, 3.8) is 0 Å². The molecule has 0 unspecified atom stereocenters. The molecule has 1 fully saturated rings. The Kier molecular flexibility index (Phi) is 9.55. The number of nitrogens with zero attached hydrogens (tertiary/aromatic N) is 2. The smallest absolute Gasteiger partial charge is 0.123 e. The average molecular weight is 423 g/mol. The fourth-order valence-corrected chi connectivity index (χ4v) is 4.33. The van der Waals surface area contributed by atoms with Gasteiger partial charge in [0.25, 0.3) is 0 Å². The number of halogens is 1. The van der Waals surface area contributed by atoms with E-state index in [0.29, 0.717) is 12.3 Å². The molecule has 1 atom stereocenters. The summed E-state index contributed by atoms with van der Waals surface area (Å²) in [7, 11) is 0. The second-order valence-corrected chi connectivity index (χ2v) is 8.49. The monoisotopic (exact) mass is 422 g/mol. The molecule has 166 valence electrons. The molecule has 3 rings (SSSR count). The SMILES string of the molecule is CCN(Cc1ccc(C#CCCO)cc1)C[C@H]1CCCN(CCc2cccc(F)c2)C1. The zero-order valence-corrected chi connectivity index (χ0v) is 18.7. The molecule has 1 aliphatic rings. The lowest BCUT2D eigenvalue weighted by atomic mass is 9.96. The molecule has 1 saturated heterocycles. The highest BCUT2D eigenvalue weighted by molar-refractivity contribution is 5.36. The van der Waals surface area contributed by atoms with Gasteiger partial charge in [-0.05, 0) is 73.7 Å². The minimum atomic E-state index is -0.141. The Balaban J connectivity index is 1.47. The number of piperidine rings is 1. The fourth-order valence-electron chi connectivity index (χ4n) is 4.33. The standard InChI is InChI=1S/C27H35FN2O/c1-2-29(20-25-13-11-23(12-14-25)7-3-4-18-31)21-26-9-6-16-30(22-26)17-15-24-8-5-10-27(28)19-24/h5,8,10-14,19,26,31H,2,4,6,9,15-18,20-22H2,1H3/t26-/m1/s1. The van der Waals surface area contributed by atoms with Crippen molar-refractivity contribution in [2.45, 2.75) is 39.2 Å². The van der Waals surface area contributed by atoms with Gasteiger partial charge < -0.3 is 10.0 Å². The molecule has 0 amide bonds. The summed E-state index contributed by atoms with van der Waals surface area (Å²) in [6, 6.07) is 15.5. The Morgan fingerprint density at radius 3 is 2.74 bits per heavy atom. The summed E-state index contributed by atoms with van der Waals surface area (Å²) >= 11 is 0. The molecule has 2 aromatic rings. The van der Waals surface area contributed by atoms with Crippen LogP contribution in [0.1, 0.15) is 42.9 Å². The Hall–Kier alpha value is -2.19. The van der Waals surface area contributed by atoms with Gasteiger partial charge in [0.2, 0.25) is 0 Å². The maximum Gasteiger partial charge on any atom is 0.123 e. The highest BCUT2D eigenvalue weighted by Gasteiger charge is 2.21. The van der Waals surface area contributed by atoms with Gasteiger partial charge in [0.15, 0.2) is 0 Å². The van der Waals surface area contributed by atoms with Gasteiger partial charge in [-0.15, -0.1) is 0 Å². The molecule has 0 aliphatic carbocycles. The zero-order valence-electron chi connectivity index (χ0n) is 18.7. The molecule has 0 saturated carbocycles. The van der Waals surface area contributed by atoms with Crippen LogP contribution >= 0.6 is 0 Å². The number of likely N-dealkylation sites (tertiary alicyclic amines) is 1. The Morgan fingerprint density at radius 2 is 2.00 bits per heavy atom. The maximum absolute atomic E-state index is 13.4. The van der Waals surface area contributed by atoms with Crippen LogP contribution in [0.3, 0.4) is 0 Å². The van der Waals surface area contributed by atoms with Crippen molar-refractivity contribution in [1.82, 2.24) is 9.80 Å². The Labute approximate surface area is 186 Å². The summed E-state index contributed by atoms with van der Waals surface area (Å²) in [6.07, 6.45) is 3.96. The van der Waals surface area contributed by atoms with Gasteiger partial charge in [-0.25, -0.2) is 4.39 Å². The molecule has 1 heterocycles. The minimum absolute atomic E-state index is 0.111. The highest BCUT2D eigenvalue weighted by Crippen LogP contribution is 2.19. The van der Waals surface area contributed by atoms with E-state index in [-0.39, 0.29) is 12.4 Å². The number of aliphatic hydroxyl groups is 1. The number of aliphatic hydroxyl groups excluding tert-OH is 1. The van der Waals surface area contributed by atoms with Crippen LogP contribution < -0.4 is 0 Å². The normalized spacial score (nSPS) is 16.8. The molecule has 2 aromatic carbocycles. The summed E-state index contributed by atoms with van der Waals surface area (Å²) in [4.78, 5) is 5.08. The molecule has 0 aromatic heterocycles. The van der Waals surface area contributed by atoms with E-state index in [1.54, 1.807) is 12.1 Å². The molecular formula is C27H35FN2O. The van der Waals surface area contributed by atoms with Gasteiger partial charge in [0.05, 0.1) is 6.61 Å².